The first kappa shape index (κ1) is 17.9. The van der Waals surface area contributed by atoms with Crippen LogP contribution in [0.25, 0.3) is 5.70 Å². The van der Waals surface area contributed by atoms with Crippen molar-refractivity contribution >= 4 is 5.70 Å². The van der Waals surface area contributed by atoms with Crippen LogP contribution in [0.5, 0.6) is 0 Å². The smallest absolute Gasteiger partial charge is 0.239 e. The zero-order valence-corrected chi connectivity index (χ0v) is 15.5. The van der Waals surface area contributed by atoms with Crippen LogP contribution >= 0.6 is 0 Å². The second-order valence-electron chi connectivity index (χ2n) is 8.11. The molecule has 0 aromatic carbocycles. The second kappa shape index (κ2) is 7.63. The molecule has 1 aromatic heterocycles. The first-order valence-corrected chi connectivity index (χ1v) is 9.92. The summed E-state index contributed by atoms with van der Waals surface area (Å²) in [6.07, 6.45) is 8.01. The highest BCUT2D eigenvalue weighted by atomic mass is 19.3. The van der Waals surface area contributed by atoms with Crippen LogP contribution in [0.1, 0.15) is 50.4 Å². The number of aromatic nitrogens is 2. The number of fused-ring (bicyclic) bond motifs is 5. The first-order valence-electron chi connectivity index (χ1n) is 9.92. The van der Waals surface area contributed by atoms with Gasteiger partial charge in [0.2, 0.25) is 6.43 Å². The average Bonchev–Trinajstić information content (AvgIpc) is 2.76. The Balaban J connectivity index is 1.69. The quantitative estimate of drug-likeness (QED) is 0.763. The molecule has 2 bridgehead atoms. The first-order chi connectivity index (χ1) is 12.6. The van der Waals surface area contributed by atoms with Crippen molar-refractivity contribution in [2.75, 3.05) is 13.2 Å². The van der Waals surface area contributed by atoms with E-state index in [9.17, 15) is 8.78 Å². The summed E-state index contributed by atoms with van der Waals surface area (Å²) in [5, 5.41) is 4.78. The fourth-order valence-electron chi connectivity index (χ4n) is 4.74. The lowest BCUT2D eigenvalue weighted by Crippen LogP contribution is -2.28. The molecule has 0 spiro atoms. The highest BCUT2D eigenvalue weighted by Gasteiger charge is 2.37. The summed E-state index contributed by atoms with van der Waals surface area (Å²) in [5.41, 5.74) is 4.47. The van der Waals surface area contributed by atoms with Gasteiger partial charge in [-0.2, -0.15) is 5.10 Å². The third-order valence-electron chi connectivity index (χ3n) is 6.11. The Bertz CT molecular complexity index is 703. The van der Waals surface area contributed by atoms with E-state index in [4.69, 9.17) is 9.84 Å². The van der Waals surface area contributed by atoms with Gasteiger partial charge in [0.15, 0.2) is 0 Å². The number of halogens is 2. The molecule has 3 nitrogen and oxygen atoms in total. The Kier molecular flexibility index (Phi) is 5.25. The van der Waals surface area contributed by atoms with Gasteiger partial charge in [0.1, 0.15) is 0 Å². The number of aryl methyl sites for hydroxylation is 2. The molecule has 1 aliphatic carbocycles. The third kappa shape index (κ3) is 3.78. The fourth-order valence-corrected chi connectivity index (χ4v) is 4.74. The van der Waals surface area contributed by atoms with E-state index in [1.807, 2.05) is 6.07 Å². The number of alkyl halides is 2. The van der Waals surface area contributed by atoms with E-state index in [-0.39, 0.29) is 6.42 Å². The standard InChI is InChI=1S/C21H28F2N2O/c1-14-3-2-4-18-11-17(7-8-21(22)23)24-25(18)20(9-14)19-10-15-5-6-16(19)13-26-12-15/h3,9,11,15-16,19,21H,2,4-8,10,12-13H2,1H3. The number of nitrogens with zero attached hydrogens (tertiary/aromatic N) is 2. The summed E-state index contributed by atoms with van der Waals surface area (Å²) in [6, 6.07) is 2.04. The van der Waals surface area contributed by atoms with Crippen molar-refractivity contribution in [2.24, 2.45) is 17.8 Å². The zero-order chi connectivity index (χ0) is 18.1. The van der Waals surface area contributed by atoms with Crippen LogP contribution in [0, 0.1) is 17.8 Å². The molecule has 1 aromatic rings. The van der Waals surface area contributed by atoms with Crippen LogP contribution in [0.15, 0.2) is 23.8 Å². The lowest BCUT2D eigenvalue weighted by molar-refractivity contribution is 0.112. The third-order valence-corrected chi connectivity index (χ3v) is 6.11. The SMILES string of the molecule is CC1=CCCc2cc(CCC(F)F)nn2C(C2CC3CCC2COC3)=C1. The lowest BCUT2D eigenvalue weighted by Gasteiger charge is -2.34. The monoisotopic (exact) mass is 362 g/mol. The van der Waals surface area contributed by atoms with Crippen molar-refractivity contribution in [3.05, 3.63) is 35.2 Å². The maximum Gasteiger partial charge on any atom is 0.239 e. The minimum absolute atomic E-state index is 0.116. The molecule has 3 fully saturated rings. The zero-order valence-electron chi connectivity index (χ0n) is 15.5. The Morgan fingerprint density at radius 2 is 2.19 bits per heavy atom. The molecule has 4 heterocycles. The molecule has 3 atom stereocenters. The molecule has 1 saturated carbocycles. The van der Waals surface area contributed by atoms with Gasteiger partial charge in [-0.15, -0.1) is 0 Å². The Labute approximate surface area is 154 Å². The van der Waals surface area contributed by atoms with E-state index in [1.54, 1.807) is 0 Å². The van der Waals surface area contributed by atoms with Crippen LogP contribution in [-0.4, -0.2) is 29.4 Å². The van der Waals surface area contributed by atoms with Gasteiger partial charge in [0.05, 0.1) is 12.3 Å². The molecule has 0 N–H and O–H groups in total. The van der Waals surface area contributed by atoms with Gasteiger partial charge in [-0.1, -0.05) is 11.6 Å². The van der Waals surface area contributed by atoms with E-state index in [0.29, 0.717) is 24.2 Å². The van der Waals surface area contributed by atoms with Gasteiger partial charge in [0.25, 0.3) is 0 Å². The van der Waals surface area contributed by atoms with Crippen molar-refractivity contribution in [3.63, 3.8) is 0 Å². The van der Waals surface area contributed by atoms with Crippen LogP contribution in [0.2, 0.25) is 0 Å². The van der Waals surface area contributed by atoms with Gasteiger partial charge >= 0.3 is 0 Å². The molecule has 0 radical (unpaired) electrons. The van der Waals surface area contributed by atoms with E-state index >= 15 is 0 Å². The number of allylic oxidation sites excluding steroid dienone is 4. The molecule has 3 aliphatic heterocycles. The summed E-state index contributed by atoms with van der Waals surface area (Å²) >= 11 is 0. The summed E-state index contributed by atoms with van der Waals surface area (Å²) in [4.78, 5) is 0. The van der Waals surface area contributed by atoms with Gasteiger partial charge in [-0.3, -0.25) is 0 Å². The van der Waals surface area contributed by atoms with Crippen molar-refractivity contribution in [3.8, 4) is 0 Å². The largest absolute Gasteiger partial charge is 0.381 e. The van der Waals surface area contributed by atoms with Crippen LogP contribution in [-0.2, 0) is 17.6 Å². The number of hydrogen-bond donors (Lipinski definition) is 0. The molecule has 0 amide bonds. The van der Waals surface area contributed by atoms with Gasteiger partial charge in [0, 0.05) is 30.3 Å². The average molecular weight is 362 g/mol. The van der Waals surface area contributed by atoms with Crippen molar-refractivity contribution in [1.82, 2.24) is 9.78 Å². The summed E-state index contributed by atoms with van der Waals surface area (Å²) in [5.74, 6) is 1.61. The maximum atomic E-state index is 12.6. The van der Waals surface area contributed by atoms with Crippen molar-refractivity contribution in [1.29, 1.82) is 0 Å². The summed E-state index contributed by atoms with van der Waals surface area (Å²) in [6.45, 7) is 3.86. The highest BCUT2D eigenvalue weighted by Crippen LogP contribution is 2.43. The molecule has 5 heteroatoms. The minimum atomic E-state index is -2.27. The van der Waals surface area contributed by atoms with Gasteiger partial charge in [-0.25, -0.2) is 13.5 Å². The summed E-state index contributed by atoms with van der Waals surface area (Å²) in [7, 11) is 0. The molecule has 142 valence electrons. The lowest BCUT2D eigenvalue weighted by atomic mass is 9.73. The molecule has 3 unspecified atom stereocenters. The van der Waals surface area contributed by atoms with Gasteiger partial charge < -0.3 is 4.74 Å². The topological polar surface area (TPSA) is 27.1 Å². The fraction of sp³-hybridized carbons (Fsp3) is 0.667. The maximum absolute atomic E-state index is 12.6. The van der Waals surface area contributed by atoms with Crippen molar-refractivity contribution < 1.29 is 13.5 Å². The highest BCUT2D eigenvalue weighted by molar-refractivity contribution is 5.55. The number of hydrogen-bond acceptors (Lipinski definition) is 2. The van der Waals surface area contributed by atoms with E-state index in [2.05, 4.69) is 23.8 Å². The molecule has 4 aliphatic rings. The van der Waals surface area contributed by atoms with E-state index in [1.165, 1.54) is 24.1 Å². The molecular formula is C21H28F2N2O. The Hall–Kier alpha value is -1.49. The molecular weight excluding hydrogens is 334 g/mol. The van der Waals surface area contributed by atoms with E-state index in [0.717, 1.165) is 43.9 Å². The van der Waals surface area contributed by atoms with Crippen LogP contribution < -0.4 is 0 Å². The second-order valence-corrected chi connectivity index (χ2v) is 8.11. The molecule has 2 saturated heterocycles. The minimum Gasteiger partial charge on any atom is -0.381 e. The number of rotatable bonds is 4. The predicted molar refractivity (Wildman–Crippen MR) is 98.0 cm³/mol. The summed E-state index contributed by atoms with van der Waals surface area (Å²) < 4.78 is 33.2. The normalized spacial score (nSPS) is 28.8. The Morgan fingerprint density at radius 3 is 3.04 bits per heavy atom. The van der Waals surface area contributed by atoms with Gasteiger partial charge in [-0.05, 0) is 69.4 Å². The van der Waals surface area contributed by atoms with Crippen LogP contribution in [0.4, 0.5) is 8.78 Å². The van der Waals surface area contributed by atoms with E-state index < -0.39 is 6.43 Å². The molecule has 5 rings (SSSR count). The van der Waals surface area contributed by atoms with Crippen LogP contribution in [0.3, 0.4) is 0 Å². The molecule has 26 heavy (non-hydrogen) atoms. The van der Waals surface area contributed by atoms with Crippen molar-refractivity contribution in [2.45, 2.75) is 58.3 Å². The predicted octanol–water partition coefficient (Wildman–Crippen LogP) is 4.88. The Morgan fingerprint density at radius 1 is 1.31 bits per heavy atom. The number of ether oxygens (including phenoxy) is 1.